The van der Waals surface area contributed by atoms with Crippen LogP contribution in [0.25, 0.3) is 0 Å². The Bertz CT molecular complexity index is 1200. The number of hydrazone groups is 1. The molecule has 40 heavy (non-hydrogen) atoms. The summed E-state index contributed by atoms with van der Waals surface area (Å²) in [7, 11) is 0. The molecule has 4 heterocycles. The number of aliphatic hydroxyl groups is 1. The third kappa shape index (κ3) is 6.37. The number of amides is 2. The van der Waals surface area contributed by atoms with Crippen LogP contribution in [-0.2, 0) is 26.1 Å². The summed E-state index contributed by atoms with van der Waals surface area (Å²) < 4.78 is 84.6. The summed E-state index contributed by atoms with van der Waals surface area (Å²) in [6.45, 7) is 3.61. The van der Waals surface area contributed by atoms with Gasteiger partial charge in [-0.3, -0.25) is 14.6 Å². The minimum absolute atomic E-state index is 0.0226. The number of fused-ring (bicyclic) bond motifs is 3. The number of halogens is 6. The van der Waals surface area contributed by atoms with Gasteiger partial charge in [-0.05, 0) is 19.9 Å². The Morgan fingerprint density at radius 1 is 1.30 bits per heavy atom. The van der Waals surface area contributed by atoms with Crippen molar-refractivity contribution in [3.8, 4) is 0 Å². The van der Waals surface area contributed by atoms with E-state index in [4.69, 9.17) is 4.74 Å². The van der Waals surface area contributed by atoms with Crippen molar-refractivity contribution in [2.24, 2.45) is 16.0 Å². The third-order valence-electron chi connectivity index (χ3n) is 6.96. The first-order valence-corrected chi connectivity index (χ1v) is 12.5. The number of anilines is 1. The maximum absolute atomic E-state index is 13.2. The van der Waals surface area contributed by atoms with Crippen molar-refractivity contribution in [2.45, 2.75) is 56.7 Å². The molecule has 0 spiro atoms. The van der Waals surface area contributed by atoms with Crippen molar-refractivity contribution in [3.05, 3.63) is 23.4 Å². The number of aromatic nitrogens is 1. The maximum Gasteiger partial charge on any atom is 0.417 e. The highest BCUT2D eigenvalue weighted by Gasteiger charge is 2.49. The number of carbonyl (C=O) groups excluding carboxylic acids is 2. The summed E-state index contributed by atoms with van der Waals surface area (Å²) in [6.07, 6.45) is -7.78. The highest BCUT2D eigenvalue weighted by atomic mass is 19.4. The first-order valence-electron chi connectivity index (χ1n) is 12.5. The molecule has 3 unspecified atom stereocenters. The third-order valence-corrected chi connectivity index (χ3v) is 6.96. The lowest BCUT2D eigenvalue weighted by Crippen LogP contribution is -2.59. The largest absolute Gasteiger partial charge is 0.417 e. The van der Waals surface area contributed by atoms with Crippen LogP contribution in [-0.4, -0.2) is 89.8 Å². The molecule has 2 N–H and O–H groups in total. The molecule has 1 fully saturated rings. The molecule has 3 aliphatic heterocycles. The van der Waals surface area contributed by atoms with Gasteiger partial charge in [0.05, 0.1) is 54.8 Å². The number of alkyl halides is 6. The van der Waals surface area contributed by atoms with Gasteiger partial charge in [-0.1, -0.05) is 0 Å². The molecule has 1 aromatic heterocycles. The summed E-state index contributed by atoms with van der Waals surface area (Å²) in [5.41, 5.74) is -1.20. The number of hydrogen-bond donors (Lipinski definition) is 2. The van der Waals surface area contributed by atoms with Crippen LogP contribution >= 0.6 is 0 Å². The topological polar surface area (TPSA) is 120 Å². The van der Waals surface area contributed by atoms with Crippen molar-refractivity contribution >= 4 is 29.6 Å². The molecule has 0 radical (unpaired) electrons. The number of aliphatic imine (C=N–C) groups is 1. The Morgan fingerprint density at radius 2 is 2.02 bits per heavy atom. The van der Waals surface area contributed by atoms with Crippen LogP contribution in [0.15, 0.2) is 22.4 Å². The van der Waals surface area contributed by atoms with Crippen LogP contribution in [0.1, 0.15) is 37.8 Å². The van der Waals surface area contributed by atoms with E-state index in [9.17, 15) is 41.0 Å². The lowest BCUT2D eigenvalue weighted by atomic mass is 9.83. The van der Waals surface area contributed by atoms with Crippen LogP contribution in [0.4, 0.5) is 32.2 Å². The Balaban J connectivity index is 1.30. The number of carbonyl (C=O) groups is 2. The standard InChI is InChI=1S/C24H28F6N6O4/c1-13(33-17-10-32-34-21(38)19(17)24(28,29)30)12-40-6-3-18(37)35-4-5-36-15(11-35)8-22(2,39)16-7-14(23(25,26)27)9-31-20(16)36/h7,9-10,13,15,19,39H,3-6,8,11-12H2,1-2H3,(H,34,38)/t13-,15?,19?,22?/m0/s1. The van der Waals surface area contributed by atoms with Crippen molar-refractivity contribution < 1.29 is 45.8 Å². The monoisotopic (exact) mass is 578 g/mol. The van der Waals surface area contributed by atoms with E-state index in [2.05, 4.69) is 15.1 Å². The zero-order valence-corrected chi connectivity index (χ0v) is 21.6. The number of hydrogen-bond acceptors (Lipinski definition) is 8. The number of pyridine rings is 1. The molecule has 0 saturated carbocycles. The second kappa shape index (κ2) is 11.0. The van der Waals surface area contributed by atoms with Gasteiger partial charge in [-0.25, -0.2) is 10.4 Å². The summed E-state index contributed by atoms with van der Waals surface area (Å²) in [5, 5.41) is 14.3. The number of piperazine rings is 1. The average Bonchev–Trinajstić information content (AvgIpc) is 2.84. The molecule has 1 saturated heterocycles. The van der Waals surface area contributed by atoms with Crippen molar-refractivity contribution in [3.63, 3.8) is 0 Å². The Hall–Kier alpha value is -3.27. The number of ether oxygens (including phenoxy) is 1. The van der Waals surface area contributed by atoms with Gasteiger partial charge >= 0.3 is 12.4 Å². The number of rotatable bonds is 6. The first kappa shape index (κ1) is 29.7. The minimum Gasteiger partial charge on any atom is -0.385 e. The molecule has 4 atom stereocenters. The first-order chi connectivity index (χ1) is 18.6. The van der Waals surface area contributed by atoms with Gasteiger partial charge in [0.15, 0.2) is 5.92 Å². The zero-order chi connectivity index (χ0) is 29.5. The van der Waals surface area contributed by atoms with Gasteiger partial charge in [0.2, 0.25) is 5.91 Å². The predicted octanol–water partition coefficient (Wildman–Crippen LogP) is 2.26. The molecule has 0 aliphatic carbocycles. The van der Waals surface area contributed by atoms with Gasteiger partial charge in [0, 0.05) is 37.8 Å². The fourth-order valence-electron chi connectivity index (χ4n) is 5.06. The number of nitrogens with one attached hydrogen (secondary N) is 1. The van der Waals surface area contributed by atoms with Crippen LogP contribution in [0, 0.1) is 5.92 Å². The highest BCUT2D eigenvalue weighted by Crippen LogP contribution is 2.43. The van der Waals surface area contributed by atoms with Gasteiger partial charge in [-0.2, -0.15) is 31.4 Å². The molecular formula is C24H28F6N6O4. The Morgan fingerprint density at radius 3 is 2.70 bits per heavy atom. The minimum atomic E-state index is -4.83. The Labute approximate surface area is 225 Å². The van der Waals surface area contributed by atoms with Gasteiger partial charge in [0.1, 0.15) is 5.82 Å². The lowest BCUT2D eigenvalue weighted by molar-refractivity contribution is -0.168. The van der Waals surface area contributed by atoms with E-state index in [1.807, 2.05) is 0 Å². The molecule has 2 amide bonds. The average molecular weight is 579 g/mol. The quantitative estimate of drug-likeness (QED) is 0.395. The lowest BCUT2D eigenvalue weighted by Gasteiger charge is -2.49. The van der Waals surface area contributed by atoms with E-state index in [1.54, 1.807) is 15.2 Å². The molecule has 220 valence electrons. The fraction of sp³-hybridized carbons (Fsp3) is 0.625. The SMILES string of the molecule is C[C@@H](COCCC(=O)N1CCN2c3ncc(C(F)(F)F)cc3C(C)(O)CC2C1)N=C1C=NNC(=O)C1C(F)(F)F. The normalized spacial score (nSPS) is 26.8. The summed E-state index contributed by atoms with van der Waals surface area (Å²) in [6, 6.07) is -0.193. The van der Waals surface area contributed by atoms with Crippen LogP contribution in [0.3, 0.4) is 0 Å². The molecule has 10 nitrogen and oxygen atoms in total. The van der Waals surface area contributed by atoms with Crippen molar-refractivity contribution in [1.29, 1.82) is 0 Å². The van der Waals surface area contributed by atoms with E-state index >= 15 is 0 Å². The molecular weight excluding hydrogens is 550 g/mol. The van der Waals surface area contributed by atoms with E-state index in [1.165, 1.54) is 13.8 Å². The van der Waals surface area contributed by atoms with E-state index in [0.29, 0.717) is 6.54 Å². The van der Waals surface area contributed by atoms with Gasteiger partial charge < -0.3 is 19.6 Å². The van der Waals surface area contributed by atoms with E-state index in [-0.39, 0.29) is 62.5 Å². The van der Waals surface area contributed by atoms with Crippen LogP contribution in [0.5, 0.6) is 0 Å². The Kier molecular flexibility index (Phi) is 8.13. The molecule has 0 aromatic carbocycles. The van der Waals surface area contributed by atoms with Gasteiger partial charge in [0.25, 0.3) is 5.91 Å². The van der Waals surface area contributed by atoms with Crippen molar-refractivity contribution in [1.82, 2.24) is 15.3 Å². The van der Waals surface area contributed by atoms with E-state index in [0.717, 1.165) is 18.5 Å². The highest BCUT2D eigenvalue weighted by molar-refractivity contribution is 6.37. The van der Waals surface area contributed by atoms with E-state index < -0.39 is 47.1 Å². The van der Waals surface area contributed by atoms with Crippen LogP contribution in [0.2, 0.25) is 0 Å². The van der Waals surface area contributed by atoms with Crippen molar-refractivity contribution in [2.75, 3.05) is 37.7 Å². The van der Waals surface area contributed by atoms with Gasteiger partial charge in [-0.15, -0.1) is 0 Å². The summed E-state index contributed by atoms with van der Waals surface area (Å²) in [4.78, 5) is 35.7. The zero-order valence-electron chi connectivity index (χ0n) is 21.6. The number of nitrogens with zero attached hydrogens (tertiary/aromatic N) is 5. The predicted molar refractivity (Wildman–Crippen MR) is 130 cm³/mol. The molecule has 1 aromatic rings. The van der Waals surface area contributed by atoms with Crippen LogP contribution < -0.4 is 10.3 Å². The smallest absolute Gasteiger partial charge is 0.385 e. The summed E-state index contributed by atoms with van der Waals surface area (Å²) >= 11 is 0. The summed E-state index contributed by atoms with van der Waals surface area (Å²) in [5.74, 6) is -3.74. The molecule has 4 rings (SSSR count). The molecule has 16 heteroatoms. The second-order valence-corrected chi connectivity index (χ2v) is 10.2. The second-order valence-electron chi connectivity index (χ2n) is 10.2. The maximum atomic E-state index is 13.2. The molecule has 3 aliphatic rings. The molecule has 0 bridgehead atoms. The fourth-order valence-corrected chi connectivity index (χ4v) is 5.06.